The fraction of sp³-hybridized carbons (Fsp3) is 0.500. The van der Waals surface area contributed by atoms with Gasteiger partial charge in [-0.25, -0.2) is 0 Å². The number of amides is 1. The van der Waals surface area contributed by atoms with Crippen molar-refractivity contribution in [3.05, 3.63) is 29.3 Å². The maximum absolute atomic E-state index is 12.8. The molecule has 0 spiro atoms. The van der Waals surface area contributed by atoms with E-state index in [1.165, 1.54) is 6.07 Å². The predicted molar refractivity (Wildman–Crippen MR) is 71.6 cm³/mol. The van der Waals surface area contributed by atoms with Crippen molar-refractivity contribution in [1.29, 1.82) is 0 Å². The summed E-state index contributed by atoms with van der Waals surface area (Å²) in [5, 5.41) is 12.1. The number of halogens is 3. The number of alkyl halides is 3. The lowest BCUT2D eigenvalue weighted by Crippen LogP contribution is -2.38. The minimum Gasteiger partial charge on any atom is -0.398 e. The highest BCUT2D eigenvalue weighted by atomic mass is 19.4. The standard InChI is InChI=1S/C14H17F3N2O2/c15-14(16,17)11-7-8(1-6-12(11)18)13(21)19-9-2-4-10(20)5-3-9/h1,6-7,9-10,20H,2-5,18H2,(H,19,21). The number of nitrogens with one attached hydrogen (secondary N) is 1. The molecule has 1 aliphatic carbocycles. The highest BCUT2D eigenvalue weighted by molar-refractivity contribution is 5.95. The topological polar surface area (TPSA) is 75.4 Å². The smallest absolute Gasteiger partial charge is 0.398 e. The van der Waals surface area contributed by atoms with E-state index in [1.807, 2.05) is 0 Å². The molecule has 0 bridgehead atoms. The molecule has 0 atom stereocenters. The lowest BCUT2D eigenvalue weighted by Gasteiger charge is -2.26. The Bertz CT molecular complexity index is 523. The van der Waals surface area contributed by atoms with Gasteiger partial charge in [0, 0.05) is 17.3 Å². The summed E-state index contributed by atoms with van der Waals surface area (Å²) in [5.41, 5.74) is 3.82. The summed E-state index contributed by atoms with van der Waals surface area (Å²) >= 11 is 0. The number of aliphatic hydroxyl groups is 1. The molecule has 1 aromatic rings. The summed E-state index contributed by atoms with van der Waals surface area (Å²) in [6, 6.07) is 3.01. The van der Waals surface area contributed by atoms with Crippen molar-refractivity contribution >= 4 is 11.6 Å². The van der Waals surface area contributed by atoms with Crippen LogP contribution in [0.4, 0.5) is 18.9 Å². The molecule has 0 aromatic heterocycles. The summed E-state index contributed by atoms with van der Waals surface area (Å²) in [6.45, 7) is 0. The van der Waals surface area contributed by atoms with Crippen LogP contribution in [0.5, 0.6) is 0 Å². The van der Waals surface area contributed by atoms with Gasteiger partial charge in [-0.2, -0.15) is 13.2 Å². The van der Waals surface area contributed by atoms with E-state index >= 15 is 0 Å². The number of carbonyl (C=O) groups is 1. The number of benzene rings is 1. The molecule has 4 N–H and O–H groups in total. The Labute approximate surface area is 120 Å². The molecule has 0 radical (unpaired) electrons. The van der Waals surface area contributed by atoms with E-state index in [4.69, 9.17) is 5.73 Å². The Kier molecular flexibility index (Phi) is 4.41. The van der Waals surface area contributed by atoms with Crippen LogP contribution in [0.2, 0.25) is 0 Å². The molecule has 116 valence electrons. The zero-order chi connectivity index (χ0) is 15.6. The number of hydrogen-bond acceptors (Lipinski definition) is 3. The Morgan fingerprint density at radius 3 is 2.43 bits per heavy atom. The fourth-order valence-corrected chi connectivity index (χ4v) is 2.43. The number of rotatable bonds is 2. The molecule has 1 aromatic carbocycles. The number of aliphatic hydroxyl groups excluding tert-OH is 1. The lowest BCUT2D eigenvalue weighted by atomic mass is 9.93. The molecule has 0 saturated heterocycles. The molecule has 0 unspecified atom stereocenters. The van der Waals surface area contributed by atoms with Crippen LogP contribution in [0, 0.1) is 0 Å². The average molecular weight is 302 g/mol. The maximum atomic E-state index is 12.8. The molecular weight excluding hydrogens is 285 g/mol. The fourth-order valence-electron chi connectivity index (χ4n) is 2.43. The summed E-state index contributed by atoms with van der Waals surface area (Å²) in [6.07, 6.45) is -2.54. The van der Waals surface area contributed by atoms with Gasteiger partial charge in [-0.1, -0.05) is 0 Å². The first-order valence-corrected chi connectivity index (χ1v) is 6.73. The van der Waals surface area contributed by atoms with Crippen LogP contribution in [0.15, 0.2) is 18.2 Å². The molecular formula is C14H17F3N2O2. The van der Waals surface area contributed by atoms with E-state index in [9.17, 15) is 23.1 Å². The van der Waals surface area contributed by atoms with Crippen molar-refractivity contribution in [2.24, 2.45) is 0 Å². The molecule has 1 amide bonds. The Morgan fingerprint density at radius 2 is 1.86 bits per heavy atom. The van der Waals surface area contributed by atoms with Gasteiger partial charge in [-0.3, -0.25) is 4.79 Å². The van der Waals surface area contributed by atoms with Gasteiger partial charge < -0.3 is 16.2 Å². The van der Waals surface area contributed by atoms with Gasteiger partial charge in [0.2, 0.25) is 0 Å². The third-order valence-corrected chi connectivity index (χ3v) is 3.65. The summed E-state index contributed by atoms with van der Waals surface area (Å²) in [5.74, 6) is -0.554. The zero-order valence-corrected chi connectivity index (χ0v) is 11.3. The summed E-state index contributed by atoms with van der Waals surface area (Å²) in [7, 11) is 0. The van der Waals surface area contributed by atoms with Gasteiger partial charge in [0.15, 0.2) is 0 Å². The second kappa shape index (κ2) is 5.93. The van der Waals surface area contributed by atoms with Gasteiger partial charge in [-0.15, -0.1) is 0 Å². The number of anilines is 1. The van der Waals surface area contributed by atoms with Crippen LogP contribution in [-0.4, -0.2) is 23.2 Å². The monoisotopic (exact) mass is 302 g/mol. The third kappa shape index (κ3) is 3.87. The first kappa shape index (κ1) is 15.6. The normalized spacial score (nSPS) is 22.9. The van der Waals surface area contributed by atoms with Crippen molar-refractivity contribution < 1.29 is 23.1 Å². The van der Waals surface area contributed by atoms with Crippen molar-refractivity contribution in [2.45, 2.75) is 44.0 Å². The Morgan fingerprint density at radius 1 is 1.24 bits per heavy atom. The Balaban J connectivity index is 2.09. The minimum absolute atomic E-state index is 0.0670. The van der Waals surface area contributed by atoms with E-state index in [-0.39, 0.29) is 17.7 Å². The second-order valence-electron chi connectivity index (χ2n) is 5.28. The predicted octanol–water partition coefficient (Wildman–Crippen LogP) is 2.32. The van der Waals surface area contributed by atoms with Crippen LogP contribution in [0.25, 0.3) is 0 Å². The van der Waals surface area contributed by atoms with Gasteiger partial charge in [-0.05, 0) is 43.9 Å². The van der Waals surface area contributed by atoms with Gasteiger partial charge in [0.05, 0.1) is 11.7 Å². The first-order chi connectivity index (χ1) is 9.77. The van der Waals surface area contributed by atoms with Crippen molar-refractivity contribution in [2.75, 3.05) is 5.73 Å². The molecule has 1 aliphatic rings. The van der Waals surface area contributed by atoms with Gasteiger partial charge in [0.1, 0.15) is 0 Å². The van der Waals surface area contributed by atoms with E-state index in [0.29, 0.717) is 25.7 Å². The van der Waals surface area contributed by atoms with E-state index in [2.05, 4.69) is 5.32 Å². The number of hydrogen-bond donors (Lipinski definition) is 3. The molecule has 1 fully saturated rings. The van der Waals surface area contributed by atoms with Crippen LogP contribution in [-0.2, 0) is 6.18 Å². The molecule has 4 nitrogen and oxygen atoms in total. The molecule has 7 heteroatoms. The average Bonchev–Trinajstić information content (AvgIpc) is 2.40. The quantitative estimate of drug-likeness (QED) is 0.734. The number of nitrogens with two attached hydrogens (primary N) is 1. The number of carbonyl (C=O) groups excluding carboxylic acids is 1. The lowest BCUT2D eigenvalue weighted by molar-refractivity contribution is -0.136. The molecule has 2 rings (SSSR count). The minimum atomic E-state index is -4.59. The molecule has 21 heavy (non-hydrogen) atoms. The highest BCUT2D eigenvalue weighted by Gasteiger charge is 2.33. The largest absolute Gasteiger partial charge is 0.418 e. The van der Waals surface area contributed by atoms with E-state index in [1.54, 1.807) is 0 Å². The van der Waals surface area contributed by atoms with Crippen LogP contribution >= 0.6 is 0 Å². The number of nitrogen functional groups attached to an aromatic ring is 1. The van der Waals surface area contributed by atoms with Gasteiger partial charge >= 0.3 is 6.18 Å². The van der Waals surface area contributed by atoms with Crippen molar-refractivity contribution in [1.82, 2.24) is 5.32 Å². The summed E-state index contributed by atoms with van der Waals surface area (Å²) in [4.78, 5) is 12.0. The van der Waals surface area contributed by atoms with E-state index in [0.717, 1.165) is 12.1 Å². The maximum Gasteiger partial charge on any atom is 0.418 e. The second-order valence-corrected chi connectivity index (χ2v) is 5.28. The van der Waals surface area contributed by atoms with Crippen molar-refractivity contribution in [3.8, 4) is 0 Å². The third-order valence-electron chi connectivity index (χ3n) is 3.65. The molecule has 1 saturated carbocycles. The highest BCUT2D eigenvalue weighted by Crippen LogP contribution is 2.34. The zero-order valence-electron chi connectivity index (χ0n) is 11.3. The molecule has 0 heterocycles. The van der Waals surface area contributed by atoms with Crippen molar-refractivity contribution in [3.63, 3.8) is 0 Å². The van der Waals surface area contributed by atoms with Crippen LogP contribution in [0.3, 0.4) is 0 Å². The Hall–Kier alpha value is -1.76. The van der Waals surface area contributed by atoms with Crippen LogP contribution < -0.4 is 11.1 Å². The SMILES string of the molecule is Nc1ccc(C(=O)NC2CCC(O)CC2)cc1C(F)(F)F. The van der Waals surface area contributed by atoms with Crippen LogP contribution in [0.1, 0.15) is 41.6 Å². The van der Waals surface area contributed by atoms with Gasteiger partial charge in [0.25, 0.3) is 5.91 Å². The first-order valence-electron chi connectivity index (χ1n) is 6.73. The summed E-state index contributed by atoms with van der Waals surface area (Å²) < 4.78 is 38.3. The van der Waals surface area contributed by atoms with E-state index < -0.39 is 23.3 Å². The molecule has 0 aliphatic heterocycles.